The highest BCUT2D eigenvalue weighted by molar-refractivity contribution is 5.77. The lowest BCUT2D eigenvalue weighted by atomic mass is 9.70. The Labute approximate surface area is 187 Å². The molecule has 0 spiro atoms. The number of carbonyl (C=O) groups excluding carboxylic acids is 1. The number of aliphatic hydroxyl groups is 2. The van der Waals surface area contributed by atoms with Crippen molar-refractivity contribution in [1.82, 2.24) is 5.32 Å². The zero-order valence-corrected chi connectivity index (χ0v) is 18.7. The zero-order valence-electron chi connectivity index (χ0n) is 18.7. The first-order chi connectivity index (χ1) is 14.9. The van der Waals surface area contributed by atoms with Gasteiger partial charge in [0.15, 0.2) is 0 Å². The number of nitrogens with two attached hydrogens (primary N) is 2. The van der Waals surface area contributed by atoms with Crippen LogP contribution in [-0.2, 0) is 9.53 Å². The van der Waals surface area contributed by atoms with Crippen molar-refractivity contribution >= 4 is 11.6 Å². The van der Waals surface area contributed by atoms with Gasteiger partial charge in [-0.1, -0.05) is 26.8 Å². The Balaban J connectivity index is 2.26. The maximum absolute atomic E-state index is 14.1. The van der Waals surface area contributed by atoms with Gasteiger partial charge in [-0.15, -0.1) is 0 Å². The first-order valence-corrected chi connectivity index (χ1v) is 10.5. The van der Waals surface area contributed by atoms with Gasteiger partial charge in [-0.05, 0) is 48.0 Å². The molecule has 1 aromatic carbocycles. The van der Waals surface area contributed by atoms with Gasteiger partial charge < -0.3 is 31.7 Å². The minimum atomic E-state index is -1.05. The third-order valence-electron chi connectivity index (χ3n) is 5.65. The fraction of sp³-hybridized carbons (Fsp3) is 0.522. The second-order valence-corrected chi connectivity index (χ2v) is 9.12. The van der Waals surface area contributed by atoms with E-state index in [1.807, 2.05) is 0 Å². The van der Waals surface area contributed by atoms with Crippen molar-refractivity contribution in [3.8, 4) is 0 Å². The Hall–Kier alpha value is -2.49. The summed E-state index contributed by atoms with van der Waals surface area (Å²) in [5.41, 5.74) is 12.8. The number of benzene rings is 1. The van der Waals surface area contributed by atoms with Crippen molar-refractivity contribution in [2.24, 2.45) is 22.8 Å². The van der Waals surface area contributed by atoms with E-state index in [1.54, 1.807) is 0 Å². The van der Waals surface area contributed by atoms with Crippen LogP contribution in [0.4, 0.5) is 8.78 Å². The lowest BCUT2D eigenvalue weighted by Crippen LogP contribution is -2.40. The predicted molar refractivity (Wildman–Crippen MR) is 118 cm³/mol. The number of hydrogen-bond donors (Lipinski definition) is 5. The Morgan fingerprint density at radius 3 is 2.53 bits per heavy atom. The van der Waals surface area contributed by atoms with Gasteiger partial charge in [-0.2, -0.15) is 0 Å². The summed E-state index contributed by atoms with van der Waals surface area (Å²) >= 11 is 0. The highest BCUT2D eigenvalue weighted by atomic mass is 19.1. The largest absolute Gasteiger partial charge is 0.400 e. The molecule has 3 atom stereocenters. The smallest absolute Gasteiger partial charge is 0.246 e. The molecule has 2 rings (SSSR count). The minimum Gasteiger partial charge on any atom is -0.400 e. The average molecular weight is 454 g/mol. The second kappa shape index (κ2) is 10.9. The van der Waals surface area contributed by atoms with E-state index in [0.29, 0.717) is 24.1 Å². The maximum Gasteiger partial charge on any atom is 0.246 e. The molecule has 9 heteroatoms. The fourth-order valence-electron chi connectivity index (χ4n) is 3.58. The maximum atomic E-state index is 14.1. The summed E-state index contributed by atoms with van der Waals surface area (Å²) in [6.07, 6.45) is 0.935. The van der Waals surface area contributed by atoms with Crippen LogP contribution in [0.15, 0.2) is 35.5 Å². The lowest BCUT2D eigenvalue weighted by molar-refractivity contribution is -0.128. The fourth-order valence-corrected chi connectivity index (χ4v) is 3.58. The highest BCUT2D eigenvalue weighted by Gasteiger charge is 2.35. The van der Waals surface area contributed by atoms with E-state index in [2.05, 4.69) is 26.1 Å². The van der Waals surface area contributed by atoms with Crippen LogP contribution < -0.4 is 16.8 Å². The van der Waals surface area contributed by atoms with E-state index < -0.39 is 36.4 Å². The molecule has 178 valence electrons. The van der Waals surface area contributed by atoms with Gasteiger partial charge in [-0.3, -0.25) is 4.79 Å². The molecule has 1 aliphatic rings. The molecule has 7 N–H and O–H groups in total. The van der Waals surface area contributed by atoms with Crippen LogP contribution in [0.3, 0.4) is 0 Å². The Bertz CT molecular complexity index is 860. The third kappa shape index (κ3) is 6.75. The van der Waals surface area contributed by atoms with Gasteiger partial charge >= 0.3 is 0 Å². The lowest BCUT2D eigenvalue weighted by Gasteiger charge is -2.38. The van der Waals surface area contributed by atoms with E-state index in [9.17, 15) is 18.7 Å². The first-order valence-electron chi connectivity index (χ1n) is 10.5. The Kier molecular flexibility index (Phi) is 8.77. The second-order valence-electron chi connectivity index (χ2n) is 9.12. The molecule has 0 aliphatic heterocycles. The summed E-state index contributed by atoms with van der Waals surface area (Å²) in [6.45, 7) is 5.35. The molecule has 0 fully saturated rings. The highest BCUT2D eigenvalue weighted by Crippen LogP contribution is 2.41. The number of halogens is 2. The summed E-state index contributed by atoms with van der Waals surface area (Å²) in [5.74, 6) is -1.89. The molecule has 1 aliphatic carbocycles. The van der Waals surface area contributed by atoms with Crippen LogP contribution in [0.1, 0.15) is 39.2 Å². The summed E-state index contributed by atoms with van der Waals surface area (Å²) in [5, 5.41) is 20.6. The van der Waals surface area contributed by atoms with Crippen LogP contribution in [0.2, 0.25) is 0 Å². The van der Waals surface area contributed by atoms with Crippen molar-refractivity contribution in [2.45, 2.75) is 45.8 Å². The van der Waals surface area contributed by atoms with Crippen LogP contribution in [0.25, 0.3) is 5.70 Å². The first kappa shape index (κ1) is 25.8. The molecule has 0 aromatic heterocycles. The van der Waals surface area contributed by atoms with Crippen molar-refractivity contribution < 1.29 is 28.5 Å². The monoisotopic (exact) mass is 453 g/mol. The molecule has 0 heterocycles. The molecule has 1 aromatic rings. The van der Waals surface area contributed by atoms with Crippen molar-refractivity contribution in [2.75, 3.05) is 19.8 Å². The molecule has 0 saturated carbocycles. The van der Waals surface area contributed by atoms with E-state index in [0.717, 1.165) is 12.1 Å². The van der Waals surface area contributed by atoms with Crippen LogP contribution in [-0.4, -0.2) is 48.1 Å². The normalized spacial score (nSPS) is 20.9. The van der Waals surface area contributed by atoms with Crippen LogP contribution in [0.5, 0.6) is 0 Å². The summed E-state index contributed by atoms with van der Waals surface area (Å²) in [6, 6.07) is 3.53. The molecule has 0 bridgehead atoms. The van der Waals surface area contributed by atoms with Gasteiger partial charge in [0.05, 0.1) is 24.4 Å². The van der Waals surface area contributed by atoms with Gasteiger partial charge in [0.1, 0.15) is 18.2 Å². The standard InChI is InChI=1S/C23H33F2N3O4/c1-23(2,3)14-7-13(8-18(26)21-16(24)5-4-6-17(21)25)22(27)19(9-14)32-12-20(31)28-10-15(30)11-29/h4-6,8,14-15,19,29-30H,7,9-12,26-27H2,1-3H3,(H,28,31)/b18-8-/t14?,15-,19?/m1/s1. The van der Waals surface area contributed by atoms with Crippen LogP contribution >= 0.6 is 0 Å². The van der Waals surface area contributed by atoms with E-state index in [1.165, 1.54) is 12.1 Å². The number of rotatable bonds is 8. The quantitative estimate of drug-likeness (QED) is 0.408. The number of aliphatic hydroxyl groups excluding tert-OH is 2. The van der Waals surface area contributed by atoms with Gasteiger partial charge in [-0.25, -0.2) is 8.78 Å². The van der Waals surface area contributed by atoms with Crippen molar-refractivity contribution in [1.29, 1.82) is 0 Å². The van der Waals surface area contributed by atoms with Crippen molar-refractivity contribution in [3.63, 3.8) is 0 Å². The average Bonchev–Trinajstić information content (AvgIpc) is 2.71. The summed E-state index contributed by atoms with van der Waals surface area (Å²) in [7, 11) is 0. The van der Waals surface area contributed by atoms with E-state index >= 15 is 0 Å². The summed E-state index contributed by atoms with van der Waals surface area (Å²) < 4.78 is 34.1. The SMILES string of the molecule is CC(C)(C)C1CC(/C=C(\N)c2c(F)cccc2F)=C(N)C(OCC(=O)NC[C@@H](O)CO)C1. The number of ether oxygens (including phenoxy) is 1. The molecule has 0 radical (unpaired) electrons. The number of nitrogens with one attached hydrogen (secondary N) is 1. The third-order valence-corrected chi connectivity index (χ3v) is 5.65. The molecule has 2 unspecified atom stereocenters. The Morgan fingerprint density at radius 2 is 1.97 bits per heavy atom. The molecular weight excluding hydrogens is 420 g/mol. The molecule has 0 saturated heterocycles. The molecule has 1 amide bonds. The number of allylic oxidation sites excluding steroid dienone is 2. The van der Waals surface area contributed by atoms with E-state index in [4.69, 9.17) is 21.3 Å². The van der Waals surface area contributed by atoms with Gasteiger partial charge in [0.2, 0.25) is 5.91 Å². The van der Waals surface area contributed by atoms with Gasteiger partial charge in [0.25, 0.3) is 0 Å². The van der Waals surface area contributed by atoms with Crippen LogP contribution in [0, 0.1) is 23.0 Å². The summed E-state index contributed by atoms with van der Waals surface area (Å²) in [4.78, 5) is 12.0. The molecular formula is C23H33F2N3O4. The number of hydrogen-bond acceptors (Lipinski definition) is 6. The zero-order chi connectivity index (χ0) is 24.1. The molecule has 7 nitrogen and oxygen atoms in total. The van der Waals surface area contributed by atoms with Gasteiger partial charge in [0, 0.05) is 17.9 Å². The van der Waals surface area contributed by atoms with Crippen molar-refractivity contribution in [3.05, 3.63) is 52.7 Å². The van der Waals surface area contributed by atoms with E-state index in [-0.39, 0.29) is 35.7 Å². The minimum absolute atomic E-state index is 0.0809. The topological polar surface area (TPSA) is 131 Å². The molecule has 32 heavy (non-hydrogen) atoms. The number of amides is 1. The number of carbonyl (C=O) groups is 1. The predicted octanol–water partition coefficient (Wildman–Crippen LogP) is 1.79. The Morgan fingerprint density at radius 1 is 1.34 bits per heavy atom.